The zero-order valence-corrected chi connectivity index (χ0v) is 9.30. The Morgan fingerprint density at radius 1 is 1.21 bits per heavy atom. The van der Waals surface area contributed by atoms with Crippen LogP contribution in [0.25, 0.3) is 0 Å². The molecule has 82 valence electrons. The predicted molar refractivity (Wildman–Crippen MR) is 58.4 cm³/mol. The Morgan fingerprint density at radius 2 is 2.00 bits per heavy atom. The maximum Gasteiger partial charge on any atom is 0.0551 e. The summed E-state index contributed by atoms with van der Waals surface area (Å²) in [4.78, 5) is 0. The lowest BCUT2D eigenvalue weighted by molar-refractivity contribution is 0.119. The minimum atomic E-state index is 0.494. The summed E-state index contributed by atoms with van der Waals surface area (Å²) >= 11 is 0. The summed E-state index contributed by atoms with van der Waals surface area (Å²) in [5, 5.41) is 3.70. The van der Waals surface area contributed by atoms with Crippen molar-refractivity contribution in [2.45, 2.75) is 57.6 Å². The lowest BCUT2D eigenvalue weighted by atomic mass is 9.95. The second-order valence-corrected chi connectivity index (χ2v) is 4.99. The molecule has 1 aliphatic carbocycles. The Hall–Kier alpha value is -0.0800. The van der Waals surface area contributed by atoms with Gasteiger partial charge in [0.05, 0.1) is 12.7 Å². The van der Waals surface area contributed by atoms with E-state index in [1.54, 1.807) is 0 Å². The monoisotopic (exact) mass is 197 g/mol. The smallest absolute Gasteiger partial charge is 0.0551 e. The first-order chi connectivity index (χ1) is 6.84. The second kappa shape index (κ2) is 5.13. The van der Waals surface area contributed by atoms with Crippen molar-refractivity contribution in [1.82, 2.24) is 5.32 Å². The third kappa shape index (κ3) is 2.96. The molecule has 0 aromatic carbocycles. The van der Waals surface area contributed by atoms with Gasteiger partial charge < -0.3 is 10.1 Å². The molecule has 2 heteroatoms. The van der Waals surface area contributed by atoms with Gasteiger partial charge in [-0.1, -0.05) is 19.3 Å². The van der Waals surface area contributed by atoms with Crippen LogP contribution >= 0.6 is 0 Å². The molecular weight excluding hydrogens is 174 g/mol. The Kier molecular flexibility index (Phi) is 3.82. The molecule has 2 fully saturated rings. The van der Waals surface area contributed by atoms with Crippen LogP contribution in [0.4, 0.5) is 0 Å². The maximum absolute atomic E-state index is 5.57. The highest BCUT2D eigenvalue weighted by molar-refractivity contribution is 4.77. The van der Waals surface area contributed by atoms with Crippen LogP contribution in [-0.4, -0.2) is 25.3 Å². The minimum absolute atomic E-state index is 0.494. The third-order valence-electron chi connectivity index (χ3n) is 3.58. The van der Waals surface area contributed by atoms with E-state index in [9.17, 15) is 0 Å². The highest BCUT2D eigenvalue weighted by atomic mass is 16.5. The van der Waals surface area contributed by atoms with E-state index in [4.69, 9.17) is 4.74 Å². The molecule has 2 nitrogen and oxygen atoms in total. The van der Waals surface area contributed by atoms with Crippen LogP contribution in [0, 0.1) is 5.92 Å². The van der Waals surface area contributed by atoms with Crippen molar-refractivity contribution in [2.75, 3.05) is 13.2 Å². The van der Waals surface area contributed by atoms with Crippen LogP contribution in [0.2, 0.25) is 0 Å². The van der Waals surface area contributed by atoms with Crippen LogP contribution in [0.3, 0.4) is 0 Å². The van der Waals surface area contributed by atoms with Gasteiger partial charge >= 0.3 is 0 Å². The predicted octanol–water partition coefficient (Wildman–Crippen LogP) is 2.33. The fourth-order valence-corrected chi connectivity index (χ4v) is 2.69. The van der Waals surface area contributed by atoms with Crippen molar-refractivity contribution in [1.29, 1.82) is 0 Å². The topological polar surface area (TPSA) is 21.3 Å². The van der Waals surface area contributed by atoms with E-state index >= 15 is 0 Å². The summed E-state index contributed by atoms with van der Waals surface area (Å²) in [6.45, 7) is 4.33. The lowest BCUT2D eigenvalue weighted by Gasteiger charge is -2.24. The first-order valence-electron chi connectivity index (χ1n) is 6.19. The average molecular weight is 197 g/mol. The van der Waals surface area contributed by atoms with Gasteiger partial charge in [0.25, 0.3) is 0 Å². The Morgan fingerprint density at radius 3 is 2.64 bits per heavy atom. The first kappa shape index (κ1) is 10.4. The molecule has 0 bridgehead atoms. The van der Waals surface area contributed by atoms with Crippen LogP contribution in [-0.2, 0) is 4.74 Å². The number of rotatable bonds is 3. The molecular formula is C12H23NO. The molecule has 0 aromatic heterocycles. The van der Waals surface area contributed by atoms with E-state index in [2.05, 4.69) is 12.2 Å². The van der Waals surface area contributed by atoms with Crippen LogP contribution in [0.1, 0.15) is 45.4 Å². The highest BCUT2D eigenvalue weighted by Gasteiger charge is 2.22. The molecule has 0 aromatic rings. The number of hydrogen-bond acceptors (Lipinski definition) is 2. The summed E-state index contributed by atoms with van der Waals surface area (Å²) < 4.78 is 5.57. The Labute approximate surface area is 87.4 Å². The average Bonchev–Trinajstić information content (AvgIpc) is 2.63. The van der Waals surface area contributed by atoms with Gasteiger partial charge in [-0.3, -0.25) is 0 Å². The van der Waals surface area contributed by atoms with Gasteiger partial charge in [-0.2, -0.15) is 0 Å². The molecule has 2 unspecified atom stereocenters. The zero-order chi connectivity index (χ0) is 9.80. The van der Waals surface area contributed by atoms with Gasteiger partial charge in [-0.25, -0.2) is 0 Å². The molecule has 1 saturated heterocycles. The third-order valence-corrected chi connectivity index (χ3v) is 3.58. The summed E-state index contributed by atoms with van der Waals surface area (Å²) in [6.07, 6.45) is 8.83. The molecule has 2 aliphatic rings. The van der Waals surface area contributed by atoms with E-state index < -0.39 is 0 Å². The minimum Gasteiger partial charge on any atom is -0.378 e. The van der Waals surface area contributed by atoms with E-state index in [0.717, 1.165) is 18.6 Å². The molecule has 0 spiro atoms. The summed E-state index contributed by atoms with van der Waals surface area (Å²) in [5.41, 5.74) is 0. The Bertz CT molecular complexity index is 161. The van der Waals surface area contributed by atoms with Crippen molar-refractivity contribution in [2.24, 2.45) is 5.92 Å². The highest BCUT2D eigenvalue weighted by Crippen LogP contribution is 2.20. The molecule has 0 radical (unpaired) electrons. The summed E-state index contributed by atoms with van der Waals surface area (Å²) in [7, 11) is 0. The molecule has 1 N–H and O–H groups in total. The van der Waals surface area contributed by atoms with Crippen LogP contribution in [0.15, 0.2) is 0 Å². The lowest BCUT2D eigenvalue weighted by Crippen LogP contribution is -2.35. The SMILES string of the molecule is CC1CC(CNC2CCCCC2)CO1. The second-order valence-electron chi connectivity index (χ2n) is 4.99. The molecule has 0 amide bonds. The van der Waals surface area contributed by atoms with Crippen molar-refractivity contribution in [3.8, 4) is 0 Å². The first-order valence-corrected chi connectivity index (χ1v) is 6.19. The fourth-order valence-electron chi connectivity index (χ4n) is 2.69. The van der Waals surface area contributed by atoms with Gasteiger partial charge in [0.15, 0.2) is 0 Å². The van der Waals surface area contributed by atoms with E-state index in [1.165, 1.54) is 45.1 Å². The quantitative estimate of drug-likeness (QED) is 0.750. The fraction of sp³-hybridized carbons (Fsp3) is 1.00. The zero-order valence-electron chi connectivity index (χ0n) is 9.30. The molecule has 1 aliphatic heterocycles. The van der Waals surface area contributed by atoms with Crippen molar-refractivity contribution < 1.29 is 4.74 Å². The Balaban J connectivity index is 1.61. The normalized spacial score (nSPS) is 34.9. The van der Waals surface area contributed by atoms with E-state index in [-0.39, 0.29) is 0 Å². The maximum atomic E-state index is 5.57. The molecule has 1 heterocycles. The summed E-state index contributed by atoms with van der Waals surface area (Å²) in [6, 6.07) is 0.805. The van der Waals surface area contributed by atoms with Gasteiger partial charge in [0.2, 0.25) is 0 Å². The van der Waals surface area contributed by atoms with Crippen molar-refractivity contribution >= 4 is 0 Å². The molecule has 14 heavy (non-hydrogen) atoms. The van der Waals surface area contributed by atoms with Gasteiger partial charge in [-0.05, 0) is 32.1 Å². The van der Waals surface area contributed by atoms with Crippen LogP contribution < -0.4 is 5.32 Å². The van der Waals surface area contributed by atoms with Crippen LogP contribution in [0.5, 0.6) is 0 Å². The number of hydrogen-bond donors (Lipinski definition) is 1. The number of nitrogens with one attached hydrogen (secondary N) is 1. The molecule has 2 rings (SSSR count). The van der Waals surface area contributed by atoms with Gasteiger partial charge in [-0.15, -0.1) is 0 Å². The standard InChI is InChI=1S/C12H23NO/c1-10-7-11(9-14-10)8-13-12-5-3-2-4-6-12/h10-13H,2-9H2,1H3. The van der Waals surface area contributed by atoms with Gasteiger partial charge in [0, 0.05) is 12.6 Å². The van der Waals surface area contributed by atoms with Gasteiger partial charge in [0.1, 0.15) is 0 Å². The number of ether oxygens (including phenoxy) is 1. The van der Waals surface area contributed by atoms with Crippen molar-refractivity contribution in [3.05, 3.63) is 0 Å². The van der Waals surface area contributed by atoms with Crippen molar-refractivity contribution in [3.63, 3.8) is 0 Å². The van der Waals surface area contributed by atoms with E-state index in [0.29, 0.717) is 6.10 Å². The van der Waals surface area contributed by atoms with E-state index in [1.807, 2.05) is 0 Å². The molecule has 2 atom stereocenters. The largest absolute Gasteiger partial charge is 0.378 e. The molecule has 1 saturated carbocycles. The summed E-state index contributed by atoms with van der Waals surface area (Å²) in [5.74, 6) is 0.770.